The van der Waals surface area contributed by atoms with Gasteiger partial charge in [0.25, 0.3) is 5.91 Å². The molecule has 2 atom stereocenters. The number of hydrogen-bond donors (Lipinski definition) is 1. The molecule has 1 N–H and O–H groups in total. The third-order valence-electron chi connectivity index (χ3n) is 3.33. The molecule has 2 amide bonds. The second kappa shape index (κ2) is 9.13. The predicted molar refractivity (Wildman–Crippen MR) is 67.3 cm³/mol. The average Bonchev–Trinajstić information content (AvgIpc) is 2.32. The molecule has 1 rings (SSSR count). The summed E-state index contributed by atoms with van der Waals surface area (Å²) in [6.45, 7) is 5.62. The molecule has 19 heavy (non-hydrogen) atoms. The number of carbonyl (C=O) groups excluding carboxylic acids is 2. The van der Waals surface area contributed by atoms with Crippen LogP contribution >= 0.6 is 0 Å². The third-order valence-corrected chi connectivity index (χ3v) is 3.33. The van der Waals surface area contributed by atoms with E-state index in [0.29, 0.717) is 6.42 Å². The zero-order chi connectivity index (χ0) is 14.3. The summed E-state index contributed by atoms with van der Waals surface area (Å²) in [7, 11) is 0. The van der Waals surface area contributed by atoms with Gasteiger partial charge in [-0.2, -0.15) is 0 Å². The quantitative estimate of drug-likeness (QED) is 0.348. The molecule has 2 unspecified atom stereocenters. The van der Waals surface area contributed by atoms with E-state index in [2.05, 4.69) is 23.2 Å². The average molecular weight is 274 g/mol. The van der Waals surface area contributed by atoms with Gasteiger partial charge in [-0.15, -0.1) is 12.8 Å². The van der Waals surface area contributed by atoms with Gasteiger partial charge >= 0.3 is 29.6 Å². The van der Waals surface area contributed by atoms with Crippen LogP contribution in [0.1, 0.15) is 40.0 Å². The Morgan fingerprint density at radius 1 is 1.37 bits per heavy atom. The monoisotopic (exact) mass is 274 g/mol. The Bertz CT molecular complexity index is 379. The number of rotatable bonds is 4. The van der Waals surface area contributed by atoms with Crippen LogP contribution in [0.25, 0.3) is 0 Å². The summed E-state index contributed by atoms with van der Waals surface area (Å²) in [5.41, 5.74) is -1.15. The molecule has 0 aromatic rings. The standard InChI is InChI=1S/C11H18N2O3.C2H2.Na/c1-4-6-7(3)11(5-2)8(14)12-10(16)13-9(11)15;1-2;/h7H,4-6H2,1-3H3,(H2,12,13,14,15,16);1-2H;/q;;+1/p-1. The van der Waals surface area contributed by atoms with Crippen molar-refractivity contribution in [2.45, 2.75) is 40.0 Å². The van der Waals surface area contributed by atoms with Crippen molar-refractivity contribution < 1.29 is 44.3 Å². The molecule has 0 aromatic heterocycles. The van der Waals surface area contributed by atoms with Crippen molar-refractivity contribution in [1.82, 2.24) is 5.32 Å². The van der Waals surface area contributed by atoms with Gasteiger partial charge in [0.2, 0.25) is 5.91 Å². The van der Waals surface area contributed by atoms with Crippen molar-refractivity contribution in [1.29, 1.82) is 0 Å². The fourth-order valence-electron chi connectivity index (χ4n) is 2.30. The van der Waals surface area contributed by atoms with E-state index in [9.17, 15) is 14.7 Å². The number of amides is 2. The Morgan fingerprint density at radius 3 is 2.26 bits per heavy atom. The first-order valence-corrected chi connectivity index (χ1v) is 5.93. The zero-order valence-electron chi connectivity index (χ0n) is 12.0. The molecule has 6 heteroatoms. The molecule has 0 saturated heterocycles. The van der Waals surface area contributed by atoms with Crippen LogP contribution in [-0.4, -0.2) is 17.8 Å². The van der Waals surface area contributed by atoms with Gasteiger partial charge in [0.05, 0.1) is 6.02 Å². The van der Waals surface area contributed by atoms with E-state index in [-0.39, 0.29) is 35.5 Å². The maximum atomic E-state index is 11.9. The van der Waals surface area contributed by atoms with Crippen LogP contribution in [0, 0.1) is 24.2 Å². The molecule has 1 aliphatic rings. The van der Waals surface area contributed by atoms with Crippen molar-refractivity contribution in [3.05, 3.63) is 0 Å². The number of nitrogens with zero attached hydrogens (tertiary/aromatic N) is 1. The fourth-order valence-corrected chi connectivity index (χ4v) is 2.30. The Balaban J connectivity index is 0. The van der Waals surface area contributed by atoms with Crippen molar-refractivity contribution in [3.63, 3.8) is 0 Å². The van der Waals surface area contributed by atoms with Crippen molar-refractivity contribution >= 4 is 17.8 Å². The molecule has 0 aliphatic carbocycles. The molecule has 0 saturated carbocycles. The van der Waals surface area contributed by atoms with E-state index >= 15 is 0 Å². The Kier molecular flexibility index (Phi) is 9.85. The molecule has 100 valence electrons. The molecular weight excluding hydrogens is 255 g/mol. The Labute approximate surface area is 136 Å². The van der Waals surface area contributed by atoms with Crippen LogP contribution in [0.3, 0.4) is 0 Å². The van der Waals surface area contributed by atoms with E-state index in [0.717, 1.165) is 12.8 Å². The second-order valence-corrected chi connectivity index (χ2v) is 4.19. The summed E-state index contributed by atoms with van der Waals surface area (Å²) in [5, 5.41) is 13.1. The largest absolute Gasteiger partial charge is 1.00 e. The predicted octanol–water partition coefficient (Wildman–Crippen LogP) is -2.55. The number of aliphatic imine (C=N–C) groups is 1. The van der Waals surface area contributed by atoms with Crippen LogP contribution in [-0.2, 0) is 9.59 Å². The summed E-state index contributed by atoms with van der Waals surface area (Å²) >= 11 is 0. The number of hydrogen-bond acceptors (Lipinski definition) is 3. The SMILES string of the molecule is C#C.CCCC(C)C1(CC)C(=O)N=C([O-])NC1=O.[Na+]. The van der Waals surface area contributed by atoms with E-state index in [4.69, 9.17) is 0 Å². The van der Waals surface area contributed by atoms with Crippen LogP contribution < -0.4 is 40.0 Å². The van der Waals surface area contributed by atoms with E-state index in [1.807, 2.05) is 13.8 Å². The molecule has 0 fully saturated rings. The minimum Gasteiger partial charge on any atom is -0.846 e. The van der Waals surface area contributed by atoms with Gasteiger partial charge in [-0.05, 0) is 18.8 Å². The van der Waals surface area contributed by atoms with E-state index in [1.165, 1.54) is 0 Å². The van der Waals surface area contributed by atoms with Gasteiger partial charge in [0.1, 0.15) is 5.41 Å². The van der Waals surface area contributed by atoms with Gasteiger partial charge in [-0.1, -0.05) is 27.2 Å². The molecule has 0 radical (unpaired) electrons. The number of carbonyl (C=O) groups is 2. The Hall–Kier alpha value is -0.830. The van der Waals surface area contributed by atoms with Gasteiger partial charge < -0.3 is 10.4 Å². The molecule has 1 aliphatic heterocycles. The maximum absolute atomic E-state index is 11.9. The summed E-state index contributed by atoms with van der Waals surface area (Å²) in [5.74, 6) is -1.20. The first kappa shape index (κ1) is 20.5. The first-order chi connectivity index (χ1) is 8.48. The number of terminal acetylenes is 1. The molecule has 5 nitrogen and oxygen atoms in total. The van der Waals surface area contributed by atoms with Gasteiger partial charge in [-0.3, -0.25) is 9.59 Å². The van der Waals surface area contributed by atoms with Gasteiger partial charge in [-0.25, -0.2) is 4.99 Å². The number of amidine groups is 1. The van der Waals surface area contributed by atoms with Gasteiger partial charge in [0, 0.05) is 0 Å². The smallest absolute Gasteiger partial charge is 0.846 e. The van der Waals surface area contributed by atoms with Crippen LogP contribution in [0.5, 0.6) is 0 Å². The molecular formula is C13H19N2NaO3. The normalized spacial score (nSPS) is 23.1. The first-order valence-electron chi connectivity index (χ1n) is 5.93. The summed E-state index contributed by atoms with van der Waals surface area (Å²) < 4.78 is 0. The van der Waals surface area contributed by atoms with Gasteiger partial charge in [0.15, 0.2) is 0 Å². The molecule has 1 heterocycles. The van der Waals surface area contributed by atoms with E-state index in [1.54, 1.807) is 6.92 Å². The second-order valence-electron chi connectivity index (χ2n) is 4.19. The minimum atomic E-state index is -1.15. The topological polar surface area (TPSA) is 81.6 Å². The summed E-state index contributed by atoms with van der Waals surface area (Å²) in [4.78, 5) is 27.1. The maximum Gasteiger partial charge on any atom is 1.00 e. The fraction of sp³-hybridized carbons (Fsp3) is 0.615. The Morgan fingerprint density at radius 2 is 1.89 bits per heavy atom. The van der Waals surface area contributed by atoms with Crippen molar-refractivity contribution in [2.24, 2.45) is 16.3 Å². The minimum absolute atomic E-state index is 0. The molecule has 0 aromatic carbocycles. The van der Waals surface area contributed by atoms with Crippen LogP contribution in [0.2, 0.25) is 0 Å². The van der Waals surface area contributed by atoms with Crippen molar-refractivity contribution in [2.75, 3.05) is 0 Å². The summed E-state index contributed by atoms with van der Waals surface area (Å²) in [6, 6.07) is -0.845. The van der Waals surface area contributed by atoms with Crippen LogP contribution in [0.4, 0.5) is 0 Å². The van der Waals surface area contributed by atoms with E-state index < -0.39 is 23.3 Å². The summed E-state index contributed by atoms with van der Waals surface area (Å²) in [6.07, 6.45) is 10.0. The number of nitrogens with one attached hydrogen (secondary N) is 1. The van der Waals surface area contributed by atoms with Crippen LogP contribution in [0.15, 0.2) is 4.99 Å². The third kappa shape index (κ3) is 4.07. The zero-order valence-corrected chi connectivity index (χ0v) is 14.0. The van der Waals surface area contributed by atoms with Crippen molar-refractivity contribution in [3.8, 4) is 12.8 Å². The molecule has 0 bridgehead atoms. The molecule has 0 spiro atoms.